The van der Waals surface area contributed by atoms with Crippen LogP contribution in [0.1, 0.15) is 57.1 Å². The zero-order valence-corrected chi connectivity index (χ0v) is 18.5. The second-order valence-corrected chi connectivity index (χ2v) is 8.05. The van der Waals surface area contributed by atoms with Gasteiger partial charge in [-0.1, -0.05) is 13.8 Å². The number of ether oxygens (including phenoxy) is 4. The van der Waals surface area contributed by atoms with E-state index in [0.717, 1.165) is 0 Å². The van der Waals surface area contributed by atoms with E-state index in [1.165, 1.54) is 7.11 Å². The third-order valence-corrected chi connectivity index (χ3v) is 4.07. The number of aldehydes is 1. The van der Waals surface area contributed by atoms with Gasteiger partial charge in [-0.3, -0.25) is 4.79 Å². The topological polar surface area (TPSA) is 96.0 Å². The monoisotopic (exact) mass is 410 g/mol. The minimum Gasteiger partial charge on any atom is -0.488 e. The highest BCUT2D eigenvalue weighted by Gasteiger charge is 2.24. The summed E-state index contributed by atoms with van der Waals surface area (Å²) in [6.07, 6.45) is 1.29. The van der Waals surface area contributed by atoms with E-state index in [1.807, 2.05) is 34.6 Å². The molecule has 1 rings (SSSR count). The number of aromatic nitrogens is 1. The summed E-state index contributed by atoms with van der Waals surface area (Å²) in [6, 6.07) is 1.49. The fourth-order valence-corrected chi connectivity index (χ4v) is 2.58. The molecular formula is C21H34N2O6. The maximum absolute atomic E-state index is 12.2. The van der Waals surface area contributed by atoms with E-state index in [4.69, 9.17) is 18.9 Å². The molecule has 8 nitrogen and oxygen atoms in total. The highest BCUT2D eigenvalue weighted by atomic mass is 16.6. The van der Waals surface area contributed by atoms with Crippen molar-refractivity contribution in [2.24, 2.45) is 5.92 Å². The number of hydrogen-bond donors (Lipinski definition) is 1. The van der Waals surface area contributed by atoms with Gasteiger partial charge in [-0.15, -0.1) is 0 Å². The zero-order valence-electron chi connectivity index (χ0n) is 18.5. The predicted molar refractivity (Wildman–Crippen MR) is 110 cm³/mol. The van der Waals surface area contributed by atoms with Crippen molar-refractivity contribution in [2.75, 3.05) is 27.4 Å². The van der Waals surface area contributed by atoms with E-state index in [2.05, 4.69) is 10.3 Å². The lowest BCUT2D eigenvalue weighted by Crippen LogP contribution is -2.43. The Morgan fingerprint density at radius 1 is 1.24 bits per heavy atom. The number of rotatable bonds is 11. The lowest BCUT2D eigenvalue weighted by molar-refractivity contribution is 0.0490. The van der Waals surface area contributed by atoms with Crippen molar-refractivity contribution in [3.63, 3.8) is 0 Å². The first-order chi connectivity index (χ1) is 13.6. The molecule has 8 heteroatoms. The number of hydrogen-bond acceptors (Lipinski definition) is 7. The molecule has 1 heterocycles. The van der Waals surface area contributed by atoms with E-state index in [1.54, 1.807) is 13.2 Å². The minimum atomic E-state index is -0.593. The Morgan fingerprint density at radius 3 is 2.45 bits per heavy atom. The van der Waals surface area contributed by atoms with Crippen molar-refractivity contribution in [3.8, 4) is 11.6 Å². The van der Waals surface area contributed by atoms with Crippen LogP contribution in [0.4, 0.5) is 4.79 Å². The molecule has 1 aromatic rings. The molecule has 0 aliphatic carbocycles. The molecule has 0 fully saturated rings. The van der Waals surface area contributed by atoms with Crippen molar-refractivity contribution in [1.29, 1.82) is 0 Å². The molecule has 0 aliphatic rings. The maximum Gasteiger partial charge on any atom is 0.407 e. The van der Waals surface area contributed by atoms with Gasteiger partial charge in [0.25, 0.3) is 5.88 Å². The van der Waals surface area contributed by atoms with Gasteiger partial charge in [0, 0.05) is 26.2 Å². The lowest BCUT2D eigenvalue weighted by atomic mass is 9.95. The number of methoxy groups -OCH3 is 2. The van der Waals surface area contributed by atoms with Crippen molar-refractivity contribution in [1.82, 2.24) is 10.3 Å². The number of carbonyl (C=O) groups excluding carboxylic acids is 2. The highest BCUT2D eigenvalue weighted by molar-refractivity contribution is 5.75. The summed E-state index contributed by atoms with van der Waals surface area (Å²) in [7, 11) is 3.10. The lowest BCUT2D eigenvalue weighted by Gasteiger charge is -2.26. The first-order valence-electron chi connectivity index (χ1n) is 9.75. The first kappa shape index (κ1) is 24.7. The molecule has 0 aliphatic heterocycles. The third kappa shape index (κ3) is 8.68. The Kier molecular flexibility index (Phi) is 9.88. The molecule has 0 bridgehead atoms. The van der Waals surface area contributed by atoms with Crippen LogP contribution in [-0.4, -0.2) is 56.4 Å². The Morgan fingerprint density at radius 2 is 1.93 bits per heavy atom. The normalized spacial score (nSPS) is 12.4. The summed E-state index contributed by atoms with van der Waals surface area (Å²) in [5.41, 5.74) is 0.324. The van der Waals surface area contributed by atoms with E-state index >= 15 is 0 Å². The summed E-state index contributed by atoms with van der Waals surface area (Å²) in [5.74, 6) is 0.800. The van der Waals surface area contributed by atoms with Crippen LogP contribution in [-0.2, 0) is 15.9 Å². The van der Waals surface area contributed by atoms with Crippen LogP contribution in [0.5, 0.6) is 11.6 Å². The van der Waals surface area contributed by atoms with E-state index < -0.39 is 11.7 Å². The smallest absolute Gasteiger partial charge is 0.407 e. The fraction of sp³-hybridized carbons (Fsp3) is 0.667. The van der Waals surface area contributed by atoms with Gasteiger partial charge in [0.1, 0.15) is 11.3 Å². The Bertz CT molecular complexity index is 670. The van der Waals surface area contributed by atoms with Crippen LogP contribution >= 0.6 is 0 Å². The van der Waals surface area contributed by atoms with Crippen LogP contribution in [0.2, 0.25) is 0 Å². The highest BCUT2D eigenvalue weighted by Crippen LogP contribution is 2.28. The van der Waals surface area contributed by atoms with E-state index in [0.29, 0.717) is 43.7 Å². The minimum absolute atomic E-state index is 0.107. The Hall–Kier alpha value is -2.35. The first-order valence-corrected chi connectivity index (χ1v) is 9.75. The molecule has 0 radical (unpaired) electrons. The van der Waals surface area contributed by atoms with Crippen molar-refractivity contribution >= 4 is 12.4 Å². The van der Waals surface area contributed by atoms with Crippen LogP contribution in [0.3, 0.4) is 0 Å². The number of pyridine rings is 1. The van der Waals surface area contributed by atoms with Gasteiger partial charge in [-0.05, 0) is 44.7 Å². The fourth-order valence-electron chi connectivity index (χ4n) is 2.58. The standard InChI is InChI=1S/C21H34N2O6/c1-14(2)16(23-20(25)29-21(3,4)5)11-15-12-18(28-10-8-9-26-6)19(27-7)22-17(15)13-24/h12-14,16H,8-11H2,1-7H3,(H,23,25). The summed E-state index contributed by atoms with van der Waals surface area (Å²) in [4.78, 5) is 28.1. The number of carbonyl (C=O) groups is 2. The average molecular weight is 411 g/mol. The zero-order chi connectivity index (χ0) is 22.0. The molecule has 0 aromatic carbocycles. The molecule has 1 amide bonds. The van der Waals surface area contributed by atoms with Gasteiger partial charge in [-0.25, -0.2) is 9.78 Å². The molecule has 1 N–H and O–H groups in total. The van der Waals surface area contributed by atoms with Crippen molar-refractivity contribution < 1.29 is 28.5 Å². The maximum atomic E-state index is 12.2. The third-order valence-electron chi connectivity index (χ3n) is 4.07. The molecule has 164 valence electrons. The van der Waals surface area contributed by atoms with Gasteiger partial charge < -0.3 is 24.3 Å². The van der Waals surface area contributed by atoms with Gasteiger partial charge in [0.15, 0.2) is 12.0 Å². The second-order valence-electron chi connectivity index (χ2n) is 8.05. The number of nitrogens with zero attached hydrogens (tertiary/aromatic N) is 1. The molecule has 0 saturated heterocycles. The molecular weight excluding hydrogens is 376 g/mol. The molecule has 1 unspecified atom stereocenters. The largest absolute Gasteiger partial charge is 0.488 e. The van der Waals surface area contributed by atoms with Crippen LogP contribution in [0.25, 0.3) is 0 Å². The van der Waals surface area contributed by atoms with Gasteiger partial charge >= 0.3 is 6.09 Å². The van der Waals surface area contributed by atoms with Crippen molar-refractivity contribution in [2.45, 2.75) is 59.1 Å². The molecule has 1 aromatic heterocycles. The number of alkyl carbamates (subject to hydrolysis) is 1. The molecule has 29 heavy (non-hydrogen) atoms. The van der Waals surface area contributed by atoms with Gasteiger partial charge in [-0.2, -0.15) is 0 Å². The van der Waals surface area contributed by atoms with Gasteiger partial charge in [0.2, 0.25) is 0 Å². The van der Waals surface area contributed by atoms with E-state index in [-0.39, 0.29) is 23.5 Å². The summed E-state index contributed by atoms with van der Waals surface area (Å²) < 4.78 is 21.4. The molecule has 0 spiro atoms. The summed E-state index contributed by atoms with van der Waals surface area (Å²) >= 11 is 0. The Labute approximate surface area is 173 Å². The van der Waals surface area contributed by atoms with Crippen LogP contribution in [0.15, 0.2) is 6.07 Å². The summed E-state index contributed by atoms with van der Waals surface area (Å²) in [5, 5.41) is 2.89. The molecule has 1 atom stereocenters. The second kappa shape index (κ2) is 11.6. The SMILES string of the molecule is COCCCOc1cc(CC(NC(=O)OC(C)(C)C)C(C)C)c(C=O)nc1OC. The van der Waals surface area contributed by atoms with E-state index in [9.17, 15) is 9.59 Å². The predicted octanol–water partition coefficient (Wildman–Crippen LogP) is 3.41. The van der Waals surface area contributed by atoms with Crippen LogP contribution < -0.4 is 14.8 Å². The van der Waals surface area contributed by atoms with Crippen LogP contribution in [0, 0.1) is 5.92 Å². The van der Waals surface area contributed by atoms with Gasteiger partial charge in [0.05, 0.1) is 13.7 Å². The number of nitrogens with one attached hydrogen (secondary N) is 1. The number of amides is 1. The quantitative estimate of drug-likeness (QED) is 0.441. The molecule has 0 saturated carbocycles. The average Bonchev–Trinajstić information content (AvgIpc) is 2.63. The van der Waals surface area contributed by atoms with Crippen molar-refractivity contribution in [3.05, 3.63) is 17.3 Å². The Balaban J connectivity index is 3.05. The summed E-state index contributed by atoms with van der Waals surface area (Å²) in [6.45, 7) is 10.4.